The molecule has 0 aromatic rings. The van der Waals surface area contributed by atoms with Crippen LogP contribution in [-0.2, 0) is 9.47 Å². The number of aliphatic imine (C=N–C) groups is 2. The summed E-state index contributed by atoms with van der Waals surface area (Å²) >= 11 is 0. The van der Waals surface area contributed by atoms with Crippen molar-refractivity contribution in [3.05, 3.63) is 0 Å². The second-order valence-corrected chi connectivity index (χ2v) is 14.7. The number of hydrogen-bond acceptors (Lipinski definition) is 4. The Morgan fingerprint density at radius 1 is 0.576 bits per heavy atom. The highest BCUT2D eigenvalue weighted by molar-refractivity contribution is 6.05. The third kappa shape index (κ3) is 2.87. The second kappa shape index (κ2) is 6.58. The lowest BCUT2D eigenvalue weighted by atomic mass is 9.48. The maximum atomic E-state index is 6.41. The van der Waals surface area contributed by atoms with Gasteiger partial charge in [-0.1, -0.05) is 0 Å². The smallest absolute Gasteiger partial charge is 0.199 e. The predicted octanol–water partition coefficient (Wildman–Crippen LogP) is 6.04. The van der Waals surface area contributed by atoms with Crippen LogP contribution in [0.2, 0.25) is 0 Å². The van der Waals surface area contributed by atoms with Gasteiger partial charge in [0.25, 0.3) is 0 Å². The molecule has 10 aliphatic rings. The minimum absolute atomic E-state index is 0.339. The zero-order chi connectivity index (χ0) is 22.0. The molecule has 0 radical (unpaired) electrons. The van der Waals surface area contributed by atoms with E-state index in [2.05, 4.69) is 13.8 Å². The second-order valence-electron chi connectivity index (χ2n) is 14.7. The van der Waals surface area contributed by atoms with Crippen LogP contribution in [0.1, 0.15) is 90.9 Å². The molecule has 8 fully saturated rings. The van der Waals surface area contributed by atoms with Crippen LogP contribution in [-0.4, -0.2) is 37.1 Å². The highest BCUT2D eigenvalue weighted by Gasteiger charge is 2.58. The fourth-order valence-corrected chi connectivity index (χ4v) is 11.3. The number of rotatable bonds is 4. The van der Waals surface area contributed by atoms with Crippen LogP contribution in [0.25, 0.3) is 0 Å². The van der Waals surface area contributed by atoms with Gasteiger partial charge in [0.1, 0.15) is 18.6 Å². The SMILES string of the molecule is CC(C)(C1=N[C@H](C23CC4CC(CC(C4)C2)C3)CO1)C1=N[C@H](C23CC4CC(CC(C4)C2)C3)CO1. The van der Waals surface area contributed by atoms with Crippen LogP contribution in [0.4, 0.5) is 0 Å². The first kappa shape index (κ1) is 20.2. The Bertz CT molecular complexity index is 774. The van der Waals surface area contributed by atoms with Gasteiger partial charge in [0.2, 0.25) is 0 Å². The molecule has 8 aliphatic carbocycles. The van der Waals surface area contributed by atoms with Crippen LogP contribution in [0.15, 0.2) is 9.98 Å². The molecule has 33 heavy (non-hydrogen) atoms. The normalized spacial score (nSPS) is 53.8. The van der Waals surface area contributed by atoms with E-state index < -0.39 is 0 Å². The standard InChI is InChI=1S/C29H42N2O2/c1-27(2,25-30-23(15-32-25)28-9-17-3-18(10-28)5-19(4-17)11-28)26-31-24(16-33-26)29-12-20-6-21(13-29)8-22(7-20)14-29/h17-24H,3-16H2,1-2H3/t17?,18?,19?,20?,21?,22?,23-,24-,28?,29?/m0/s1. The van der Waals surface area contributed by atoms with Gasteiger partial charge >= 0.3 is 0 Å². The zero-order valence-electron chi connectivity index (χ0n) is 20.7. The minimum Gasteiger partial charge on any atom is -0.478 e. The Balaban J connectivity index is 1.04. The molecular formula is C29H42N2O2. The fraction of sp³-hybridized carbons (Fsp3) is 0.931. The summed E-state index contributed by atoms with van der Waals surface area (Å²) in [6.45, 7) is 6.07. The van der Waals surface area contributed by atoms with Crippen molar-refractivity contribution in [1.82, 2.24) is 0 Å². The van der Waals surface area contributed by atoms with Gasteiger partial charge in [0.05, 0.1) is 12.1 Å². The van der Waals surface area contributed by atoms with Gasteiger partial charge < -0.3 is 9.47 Å². The quantitative estimate of drug-likeness (QED) is 0.524. The van der Waals surface area contributed by atoms with Gasteiger partial charge in [-0.25, -0.2) is 9.98 Å². The first-order valence-electron chi connectivity index (χ1n) is 14.3. The molecule has 180 valence electrons. The van der Waals surface area contributed by atoms with Crippen molar-refractivity contribution in [2.24, 2.45) is 61.7 Å². The van der Waals surface area contributed by atoms with E-state index in [-0.39, 0.29) is 5.41 Å². The van der Waals surface area contributed by atoms with Crippen molar-refractivity contribution < 1.29 is 9.47 Å². The van der Waals surface area contributed by atoms with Crippen LogP contribution >= 0.6 is 0 Å². The summed E-state index contributed by atoms with van der Waals surface area (Å²) in [5.41, 5.74) is 0.507. The van der Waals surface area contributed by atoms with Crippen molar-refractivity contribution >= 4 is 11.8 Å². The van der Waals surface area contributed by atoms with Crippen LogP contribution < -0.4 is 0 Å². The van der Waals surface area contributed by atoms with E-state index in [1.165, 1.54) is 77.0 Å². The predicted molar refractivity (Wildman–Crippen MR) is 129 cm³/mol. The molecule has 0 aromatic heterocycles. The molecular weight excluding hydrogens is 408 g/mol. The molecule has 2 heterocycles. The Kier molecular flexibility index (Phi) is 4.02. The molecule has 0 N–H and O–H groups in total. The van der Waals surface area contributed by atoms with Gasteiger partial charge in [-0.3, -0.25) is 0 Å². The largest absolute Gasteiger partial charge is 0.478 e. The molecule has 10 rings (SSSR count). The number of nitrogens with zero attached hydrogens (tertiary/aromatic N) is 2. The first-order valence-corrected chi connectivity index (χ1v) is 14.3. The Hall–Kier alpha value is -1.06. The van der Waals surface area contributed by atoms with Gasteiger partial charge in [-0.15, -0.1) is 0 Å². The molecule has 4 heteroatoms. The minimum atomic E-state index is -0.339. The van der Waals surface area contributed by atoms with E-state index in [1.807, 2.05) is 0 Å². The van der Waals surface area contributed by atoms with Crippen LogP contribution in [0.5, 0.6) is 0 Å². The molecule has 4 nitrogen and oxygen atoms in total. The fourth-order valence-electron chi connectivity index (χ4n) is 11.3. The van der Waals surface area contributed by atoms with Crippen molar-refractivity contribution in [2.75, 3.05) is 13.2 Å². The summed E-state index contributed by atoms with van der Waals surface area (Å²) in [6, 6.07) is 0.724. The molecule has 2 aliphatic heterocycles. The molecule has 0 amide bonds. The van der Waals surface area contributed by atoms with E-state index in [1.54, 1.807) is 0 Å². The van der Waals surface area contributed by atoms with Gasteiger partial charge in [-0.05, 0) is 137 Å². The lowest BCUT2D eigenvalue weighted by Crippen LogP contribution is -2.51. The maximum absolute atomic E-state index is 6.41. The first-order chi connectivity index (χ1) is 15.9. The molecule has 8 saturated carbocycles. The summed E-state index contributed by atoms with van der Waals surface area (Å²) in [5.74, 6) is 7.61. The Morgan fingerprint density at radius 2 is 0.879 bits per heavy atom. The van der Waals surface area contributed by atoms with Crippen molar-refractivity contribution in [2.45, 2.75) is 103 Å². The Labute approximate surface area is 199 Å². The van der Waals surface area contributed by atoms with E-state index in [4.69, 9.17) is 19.5 Å². The van der Waals surface area contributed by atoms with Gasteiger partial charge in [0, 0.05) is 0 Å². The molecule has 0 unspecified atom stereocenters. The molecule has 8 bridgehead atoms. The average molecular weight is 451 g/mol. The van der Waals surface area contributed by atoms with E-state index in [9.17, 15) is 0 Å². The van der Waals surface area contributed by atoms with Crippen molar-refractivity contribution in [3.63, 3.8) is 0 Å². The molecule has 0 spiro atoms. The zero-order valence-corrected chi connectivity index (χ0v) is 20.7. The monoisotopic (exact) mass is 450 g/mol. The number of ether oxygens (including phenoxy) is 2. The maximum Gasteiger partial charge on any atom is 0.199 e. The molecule has 0 aromatic carbocycles. The molecule has 2 atom stereocenters. The number of hydrogen-bond donors (Lipinski definition) is 0. The van der Waals surface area contributed by atoms with Gasteiger partial charge in [0.15, 0.2) is 11.8 Å². The van der Waals surface area contributed by atoms with Crippen molar-refractivity contribution in [1.29, 1.82) is 0 Å². The third-order valence-electron chi connectivity index (χ3n) is 12.0. The summed E-state index contributed by atoms with van der Waals surface area (Å²) in [5, 5.41) is 0. The van der Waals surface area contributed by atoms with E-state index in [0.29, 0.717) is 22.9 Å². The Morgan fingerprint density at radius 3 is 1.18 bits per heavy atom. The highest BCUT2D eigenvalue weighted by atomic mass is 16.5. The van der Waals surface area contributed by atoms with E-state index in [0.717, 1.165) is 60.5 Å². The summed E-state index contributed by atoms with van der Waals surface area (Å²) in [7, 11) is 0. The van der Waals surface area contributed by atoms with Crippen LogP contribution in [0, 0.1) is 51.8 Å². The van der Waals surface area contributed by atoms with Gasteiger partial charge in [-0.2, -0.15) is 0 Å². The average Bonchev–Trinajstić information content (AvgIpc) is 3.44. The highest BCUT2D eigenvalue weighted by Crippen LogP contribution is 2.63. The molecule has 0 saturated heterocycles. The third-order valence-corrected chi connectivity index (χ3v) is 12.0. The van der Waals surface area contributed by atoms with Crippen molar-refractivity contribution in [3.8, 4) is 0 Å². The summed E-state index contributed by atoms with van der Waals surface area (Å²) < 4.78 is 12.8. The lowest BCUT2D eigenvalue weighted by Gasteiger charge is -2.58. The topological polar surface area (TPSA) is 43.2 Å². The van der Waals surface area contributed by atoms with Crippen LogP contribution in [0.3, 0.4) is 0 Å². The summed E-state index contributed by atoms with van der Waals surface area (Å²) in [6.07, 6.45) is 17.3. The lowest BCUT2D eigenvalue weighted by molar-refractivity contribution is -0.0692. The van der Waals surface area contributed by atoms with E-state index >= 15 is 0 Å². The summed E-state index contributed by atoms with van der Waals surface area (Å²) in [4.78, 5) is 10.7.